The van der Waals surface area contributed by atoms with Gasteiger partial charge < -0.3 is 10.0 Å². The van der Waals surface area contributed by atoms with Crippen molar-refractivity contribution in [3.8, 4) is 0 Å². The third-order valence-electron chi connectivity index (χ3n) is 3.72. The molecule has 2 atom stereocenters. The van der Waals surface area contributed by atoms with Crippen LogP contribution in [-0.4, -0.2) is 45.0 Å². The van der Waals surface area contributed by atoms with Crippen molar-refractivity contribution >= 4 is 23.6 Å². The van der Waals surface area contributed by atoms with Gasteiger partial charge in [-0.2, -0.15) is 0 Å². The minimum atomic E-state index is -0.807. The summed E-state index contributed by atoms with van der Waals surface area (Å²) in [6.07, 6.45) is 3.87. The molecule has 0 aromatic rings. The lowest BCUT2D eigenvalue weighted by atomic mass is 10.0. The van der Waals surface area contributed by atoms with Crippen molar-refractivity contribution in [2.75, 3.05) is 12.3 Å². The van der Waals surface area contributed by atoms with Gasteiger partial charge in [0.2, 0.25) is 5.91 Å². The molecule has 4 nitrogen and oxygen atoms in total. The summed E-state index contributed by atoms with van der Waals surface area (Å²) in [6, 6.07) is -0.0852. The van der Waals surface area contributed by atoms with Crippen molar-refractivity contribution in [3.63, 3.8) is 0 Å². The number of aliphatic carboxylic acids is 1. The molecule has 96 valence electrons. The first-order valence-corrected chi connectivity index (χ1v) is 7.18. The average molecular weight is 257 g/mol. The Morgan fingerprint density at radius 3 is 2.82 bits per heavy atom. The molecule has 0 radical (unpaired) electrons. The maximum atomic E-state index is 12.5. The lowest BCUT2D eigenvalue weighted by Gasteiger charge is -2.31. The number of hydrogen-bond donors (Lipinski definition) is 1. The summed E-state index contributed by atoms with van der Waals surface area (Å²) in [5.74, 6) is 0.391. The molecular formula is C12H19NO3S. The first kappa shape index (κ1) is 12.7. The van der Waals surface area contributed by atoms with E-state index in [4.69, 9.17) is 5.11 Å². The number of nitrogens with zero attached hydrogens (tertiary/aromatic N) is 1. The summed E-state index contributed by atoms with van der Waals surface area (Å²) >= 11 is 1.72. The van der Waals surface area contributed by atoms with Crippen LogP contribution in [0.2, 0.25) is 0 Å². The number of rotatable bonds is 3. The molecule has 0 bridgehead atoms. The zero-order valence-electron chi connectivity index (χ0n) is 10.1. The van der Waals surface area contributed by atoms with E-state index < -0.39 is 5.97 Å². The molecule has 0 aromatic heterocycles. The largest absolute Gasteiger partial charge is 0.481 e. The van der Waals surface area contributed by atoms with E-state index in [1.54, 1.807) is 11.8 Å². The maximum absolute atomic E-state index is 12.5. The third-order valence-corrected chi connectivity index (χ3v) is 5.23. The second-order valence-corrected chi connectivity index (χ2v) is 6.67. The molecule has 1 amide bonds. The maximum Gasteiger partial charge on any atom is 0.305 e. The van der Waals surface area contributed by atoms with Gasteiger partial charge in [0.25, 0.3) is 0 Å². The van der Waals surface area contributed by atoms with Crippen LogP contribution >= 0.6 is 11.8 Å². The molecule has 2 rings (SSSR count). The Kier molecular flexibility index (Phi) is 3.66. The molecule has 2 fully saturated rings. The van der Waals surface area contributed by atoms with Gasteiger partial charge in [0, 0.05) is 12.6 Å². The van der Waals surface area contributed by atoms with Crippen molar-refractivity contribution in [3.05, 3.63) is 0 Å². The lowest BCUT2D eigenvalue weighted by Crippen LogP contribution is -2.46. The van der Waals surface area contributed by atoms with Gasteiger partial charge in [0.1, 0.15) is 0 Å². The summed E-state index contributed by atoms with van der Waals surface area (Å²) < 4.78 is -0.304. The van der Waals surface area contributed by atoms with E-state index in [2.05, 4.69) is 0 Å². The summed E-state index contributed by atoms with van der Waals surface area (Å²) in [4.78, 5) is 25.1. The quantitative estimate of drug-likeness (QED) is 0.836. The van der Waals surface area contributed by atoms with Gasteiger partial charge in [-0.15, -0.1) is 11.8 Å². The highest BCUT2D eigenvalue weighted by Gasteiger charge is 2.43. The van der Waals surface area contributed by atoms with Crippen LogP contribution in [-0.2, 0) is 9.59 Å². The number of carbonyl (C=O) groups is 2. The monoisotopic (exact) mass is 257 g/mol. The number of carbonyl (C=O) groups excluding carboxylic acids is 1. The van der Waals surface area contributed by atoms with E-state index in [1.807, 2.05) is 11.8 Å². The number of carboxylic acid groups (broad SMARTS) is 1. The van der Waals surface area contributed by atoms with Gasteiger partial charge in [-0.05, 0) is 38.4 Å². The number of likely N-dealkylation sites (tertiary alicyclic amines) is 1. The molecule has 5 heteroatoms. The second-order valence-electron chi connectivity index (χ2n) is 5.08. The Morgan fingerprint density at radius 2 is 2.24 bits per heavy atom. The predicted octanol–water partition coefficient (Wildman–Crippen LogP) is 1.74. The topological polar surface area (TPSA) is 57.6 Å². The Morgan fingerprint density at radius 1 is 1.47 bits per heavy atom. The Bertz CT molecular complexity index is 326. The molecule has 17 heavy (non-hydrogen) atoms. The number of amides is 1. The molecule has 0 aliphatic carbocycles. The van der Waals surface area contributed by atoms with Gasteiger partial charge in [-0.1, -0.05) is 0 Å². The van der Waals surface area contributed by atoms with E-state index in [0.717, 1.165) is 38.0 Å². The van der Waals surface area contributed by atoms with Gasteiger partial charge in [-0.3, -0.25) is 9.59 Å². The van der Waals surface area contributed by atoms with Gasteiger partial charge in [0.05, 0.1) is 11.2 Å². The fraction of sp³-hybridized carbons (Fsp3) is 0.833. The normalized spacial score (nSPS) is 33.0. The van der Waals surface area contributed by atoms with Crippen molar-refractivity contribution in [1.82, 2.24) is 4.90 Å². The van der Waals surface area contributed by atoms with Crippen LogP contribution in [0.4, 0.5) is 0 Å². The van der Waals surface area contributed by atoms with Crippen molar-refractivity contribution in [2.24, 2.45) is 0 Å². The second kappa shape index (κ2) is 4.88. The standard InChI is InChI=1S/C12H19NO3S/c1-12(5-3-7-17-12)11(16)13-6-2-4-9(13)8-10(14)15/h9H,2-8H2,1H3,(H,14,15). The smallest absolute Gasteiger partial charge is 0.305 e. The van der Waals surface area contributed by atoms with Gasteiger partial charge in [-0.25, -0.2) is 0 Å². The minimum absolute atomic E-state index is 0.0852. The van der Waals surface area contributed by atoms with Crippen molar-refractivity contribution in [1.29, 1.82) is 0 Å². The molecule has 2 unspecified atom stereocenters. The minimum Gasteiger partial charge on any atom is -0.481 e. The molecule has 2 heterocycles. The molecule has 0 aromatic carbocycles. The van der Waals surface area contributed by atoms with Gasteiger partial charge >= 0.3 is 5.97 Å². The van der Waals surface area contributed by atoms with E-state index in [9.17, 15) is 9.59 Å². The zero-order chi connectivity index (χ0) is 12.5. The van der Waals surface area contributed by atoms with E-state index in [-0.39, 0.29) is 23.1 Å². The molecule has 2 aliphatic rings. The first-order valence-electron chi connectivity index (χ1n) is 6.20. The molecule has 2 aliphatic heterocycles. The molecule has 2 saturated heterocycles. The predicted molar refractivity (Wildman–Crippen MR) is 67.1 cm³/mol. The average Bonchev–Trinajstić information content (AvgIpc) is 2.86. The van der Waals surface area contributed by atoms with Crippen LogP contribution in [0.1, 0.15) is 39.0 Å². The third kappa shape index (κ3) is 2.59. The van der Waals surface area contributed by atoms with Crippen LogP contribution in [0.3, 0.4) is 0 Å². The molecule has 0 spiro atoms. The van der Waals surface area contributed by atoms with E-state index in [1.165, 1.54) is 0 Å². The fourth-order valence-corrected chi connectivity index (χ4v) is 4.04. The van der Waals surface area contributed by atoms with Gasteiger partial charge in [0.15, 0.2) is 0 Å². The lowest BCUT2D eigenvalue weighted by molar-refractivity contribution is -0.140. The summed E-state index contributed by atoms with van der Waals surface area (Å²) in [5, 5.41) is 8.86. The van der Waals surface area contributed by atoms with E-state index in [0.29, 0.717) is 0 Å². The molecule has 0 saturated carbocycles. The fourth-order valence-electron chi connectivity index (χ4n) is 2.77. The van der Waals surface area contributed by atoms with Crippen LogP contribution in [0.5, 0.6) is 0 Å². The first-order chi connectivity index (χ1) is 8.03. The van der Waals surface area contributed by atoms with E-state index >= 15 is 0 Å². The Hall–Kier alpha value is -0.710. The molecular weight excluding hydrogens is 238 g/mol. The van der Waals surface area contributed by atoms with Crippen LogP contribution in [0, 0.1) is 0 Å². The highest BCUT2D eigenvalue weighted by Crippen LogP contribution is 2.40. The highest BCUT2D eigenvalue weighted by molar-refractivity contribution is 8.01. The number of carboxylic acids is 1. The van der Waals surface area contributed by atoms with Crippen LogP contribution in [0.25, 0.3) is 0 Å². The highest BCUT2D eigenvalue weighted by atomic mass is 32.2. The summed E-state index contributed by atoms with van der Waals surface area (Å²) in [6.45, 7) is 2.73. The molecule has 1 N–H and O–H groups in total. The van der Waals surface area contributed by atoms with Crippen LogP contribution in [0.15, 0.2) is 0 Å². The SMILES string of the molecule is CC1(C(=O)N2CCCC2CC(=O)O)CCCS1. The van der Waals surface area contributed by atoms with Crippen molar-refractivity contribution in [2.45, 2.75) is 49.8 Å². The van der Waals surface area contributed by atoms with Crippen LogP contribution < -0.4 is 0 Å². The number of thioether (sulfide) groups is 1. The Balaban J connectivity index is 2.05. The summed E-state index contributed by atoms with van der Waals surface area (Å²) in [7, 11) is 0. The summed E-state index contributed by atoms with van der Waals surface area (Å²) in [5.41, 5.74) is 0. The Labute approximate surface area is 106 Å². The zero-order valence-corrected chi connectivity index (χ0v) is 11.0. The number of hydrogen-bond acceptors (Lipinski definition) is 3. The van der Waals surface area contributed by atoms with Crippen molar-refractivity contribution < 1.29 is 14.7 Å².